The summed E-state index contributed by atoms with van der Waals surface area (Å²) in [5.41, 5.74) is -0.144. The van der Waals surface area contributed by atoms with E-state index in [0.717, 1.165) is 0 Å². The molecule has 0 amide bonds. The molecule has 2 aromatic rings. The number of carbonyl (C=O) groups is 1. The third kappa shape index (κ3) is 3.24. The molecule has 110 valence electrons. The predicted molar refractivity (Wildman–Crippen MR) is 76.1 cm³/mol. The smallest absolute Gasteiger partial charge is 0.312 e. The van der Waals surface area contributed by atoms with Gasteiger partial charge in [-0.2, -0.15) is 5.10 Å². The van der Waals surface area contributed by atoms with Crippen molar-refractivity contribution >= 4 is 27.4 Å². The number of ketones is 1. The molecule has 8 nitrogen and oxygen atoms in total. The number of nitro groups is 1. The van der Waals surface area contributed by atoms with Gasteiger partial charge in [0.05, 0.1) is 10.5 Å². The van der Waals surface area contributed by atoms with Crippen molar-refractivity contribution < 1.29 is 14.5 Å². The molecular weight excluding hydrogens is 344 g/mol. The van der Waals surface area contributed by atoms with Gasteiger partial charge in [-0.05, 0) is 13.0 Å². The molecule has 1 aromatic carbocycles. The number of nitrogens with zero attached hydrogens (tertiary/aromatic N) is 4. The molecule has 0 aliphatic carbocycles. The maximum absolute atomic E-state index is 11.7. The van der Waals surface area contributed by atoms with E-state index in [2.05, 4.69) is 26.0 Å². The van der Waals surface area contributed by atoms with E-state index in [4.69, 9.17) is 4.74 Å². The summed E-state index contributed by atoms with van der Waals surface area (Å²) in [6.45, 7) is 1.29. The van der Waals surface area contributed by atoms with E-state index >= 15 is 0 Å². The Morgan fingerprint density at radius 3 is 2.76 bits per heavy atom. The van der Waals surface area contributed by atoms with Crippen molar-refractivity contribution in [3.8, 4) is 5.75 Å². The van der Waals surface area contributed by atoms with Gasteiger partial charge in [0.25, 0.3) is 0 Å². The third-order valence-electron chi connectivity index (χ3n) is 2.76. The second-order valence-corrected chi connectivity index (χ2v) is 5.12. The van der Waals surface area contributed by atoms with Crippen LogP contribution in [-0.2, 0) is 13.7 Å². The van der Waals surface area contributed by atoms with Gasteiger partial charge >= 0.3 is 5.69 Å². The molecule has 1 heterocycles. The van der Waals surface area contributed by atoms with Crippen LogP contribution in [0.2, 0.25) is 0 Å². The Kier molecular flexibility index (Phi) is 4.32. The van der Waals surface area contributed by atoms with Crippen LogP contribution in [-0.4, -0.2) is 25.5 Å². The van der Waals surface area contributed by atoms with Crippen molar-refractivity contribution in [1.82, 2.24) is 14.8 Å². The summed E-state index contributed by atoms with van der Waals surface area (Å²) in [7, 11) is 1.67. The molecule has 0 unspecified atom stereocenters. The van der Waals surface area contributed by atoms with Gasteiger partial charge in [-0.15, -0.1) is 0 Å². The number of hydrogen-bond acceptors (Lipinski definition) is 6. The third-order valence-corrected chi connectivity index (χ3v) is 3.22. The van der Waals surface area contributed by atoms with Crippen LogP contribution in [0.25, 0.3) is 0 Å². The molecule has 0 spiro atoms. The topological polar surface area (TPSA) is 100 Å². The molecule has 0 bridgehead atoms. The lowest BCUT2D eigenvalue weighted by atomic mass is 10.1. The minimum atomic E-state index is -0.594. The highest BCUT2D eigenvalue weighted by Crippen LogP contribution is 2.35. The summed E-state index contributed by atoms with van der Waals surface area (Å²) >= 11 is 3.15. The molecule has 21 heavy (non-hydrogen) atoms. The number of carbonyl (C=O) groups excluding carboxylic acids is 1. The van der Waals surface area contributed by atoms with E-state index in [9.17, 15) is 14.9 Å². The molecule has 0 saturated heterocycles. The standard InChI is InChI=1S/C12H11BrN4O4/c1-7(18)9-3-8(13)4-10(17(19)20)12(9)21-5-11-14-6-15-16(11)2/h3-4,6H,5H2,1-2H3. The van der Waals surface area contributed by atoms with Crippen molar-refractivity contribution in [3.05, 3.63) is 44.4 Å². The van der Waals surface area contributed by atoms with Gasteiger partial charge in [-0.3, -0.25) is 19.6 Å². The average Bonchev–Trinajstić information content (AvgIpc) is 2.81. The quantitative estimate of drug-likeness (QED) is 0.463. The van der Waals surface area contributed by atoms with Crippen molar-refractivity contribution in [1.29, 1.82) is 0 Å². The Balaban J connectivity index is 2.42. The number of nitro benzene ring substituents is 1. The lowest BCUT2D eigenvalue weighted by Gasteiger charge is -2.10. The van der Waals surface area contributed by atoms with E-state index in [1.807, 2.05) is 0 Å². The van der Waals surface area contributed by atoms with Gasteiger partial charge in [0.15, 0.2) is 11.6 Å². The maximum Gasteiger partial charge on any atom is 0.312 e. The lowest BCUT2D eigenvalue weighted by molar-refractivity contribution is -0.386. The van der Waals surface area contributed by atoms with E-state index in [1.165, 1.54) is 30.1 Å². The number of hydrogen-bond donors (Lipinski definition) is 0. The van der Waals surface area contributed by atoms with Gasteiger partial charge in [-0.25, -0.2) is 4.98 Å². The molecule has 0 aliphatic rings. The highest BCUT2D eigenvalue weighted by Gasteiger charge is 2.23. The predicted octanol–water partition coefficient (Wildman–Crippen LogP) is 2.27. The molecule has 1 aromatic heterocycles. The highest BCUT2D eigenvalue weighted by molar-refractivity contribution is 9.10. The fourth-order valence-corrected chi connectivity index (χ4v) is 2.16. The molecule has 0 saturated carbocycles. The van der Waals surface area contributed by atoms with Gasteiger partial charge in [0.1, 0.15) is 12.9 Å². The van der Waals surface area contributed by atoms with E-state index in [-0.39, 0.29) is 29.4 Å². The van der Waals surface area contributed by atoms with Crippen LogP contribution in [0.15, 0.2) is 22.9 Å². The Bertz CT molecular complexity index is 678. The van der Waals surface area contributed by atoms with Crippen LogP contribution in [0.3, 0.4) is 0 Å². The SMILES string of the molecule is CC(=O)c1cc(Br)cc([N+](=O)[O-])c1OCc1ncnn1C. The summed E-state index contributed by atoms with van der Waals surface area (Å²) in [5.74, 6) is 0.0905. The average molecular weight is 355 g/mol. The van der Waals surface area contributed by atoms with E-state index in [0.29, 0.717) is 10.3 Å². The largest absolute Gasteiger partial charge is 0.478 e. The lowest BCUT2D eigenvalue weighted by Crippen LogP contribution is -2.08. The number of Topliss-reactive ketones (excluding diaryl/α,β-unsaturated/α-hetero) is 1. The number of benzene rings is 1. The minimum Gasteiger partial charge on any atom is -0.478 e. The normalized spacial score (nSPS) is 10.4. The minimum absolute atomic E-state index is 0.0285. The number of ether oxygens (including phenoxy) is 1. The van der Waals surface area contributed by atoms with Crippen LogP contribution in [0, 0.1) is 10.1 Å². The molecule has 9 heteroatoms. The van der Waals surface area contributed by atoms with Crippen LogP contribution < -0.4 is 4.74 Å². The Morgan fingerprint density at radius 1 is 1.52 bits per heavy atom. The first-order chi connectivity index (χ1) is 9.90. The number of halogens is 1. The van der Waals surface area contributed by atoms with E-state index in [1.54, 1.807) is 7.05 Å². The van der Waals surface area contributed by atoms with Crippen LogP contribution in [0.4, 0.5) is 5.69 Å². The summed E-state index contributed by atoms with van der Waals surface area (Å²) in [6.07, 6.45) is 1.35. The first-order valence-electron chi connectivity index (χ1n) is 5.84. The summed E-state index contributed by atoms with van der Waals surface area (Å²) in [6, 6.07) is 2.78. The monoisotopic (exact) mass is 354 g/mol. The molecule has 0 N–H and O–H groups in total. The molecule has 2 rings (SSSR count). The second kappa shape index (κ2) is 6.00. The second-order valence-electron chi connectivity index (χ2n) is 4.20. The van der Waals surface area contributed by atoms with Crippen molar-refractivity contribution in [2.75, 3.05) is 0 Å². The van der Waals surface area contributed by atoms with Gasteiger partial charge in [0, 0.05) is 17.6 Å². The maximum atomic E-state index is 11.7. The van der Waals surface area contributed by atoms with Crippen LogP contribution >= 0.6 is 15.9 Å². The molecule has 0 radical (unpaired) electrons. The zero-order valence-corrected chi connectivity index (χ0v) is 12.8. The van der Waals surface area contributed by atoms with Crippen LogP contribution in [0.5, 0.6) is 5.75 Å². The van der Waals surface area contributed by atoms with Gasteiger partial charge in [0.2, 0.25) is 5.75 Å². The van der Waals surface area contributed by atoms with Crippen LogP contribution in [0.1, 0.15) is 23.1 Å². The fraction of sp³-hybridized carbons (Fsp3) is 0.250. The zero-order valence-electron chi connectivity index (χ0n) is 11.2. The number of rotatable bonds is 5. The summed E-state index contributed by atoms with van der Waals surface area (Å²) in [4.78, 5) is 26.2. The number of aryl methyl sites for hydroxylation is 1. The van der Waals surface area contributed by atoms with E-state index < -0.39 is 4.92 Å². The van der Waals surface area contributed by atoms with Crippen molar-refractivity contribution in [2.24, 2.45) is 7.05 Å². The Labute approximate surface area is 128 Å². The Hall–Kier alpha value is -2.29. The molecule has 0 fully saturated rings. The first kappa shape index (κ1) is 15.1. The zero-order chi connectivity index (χ0) is 15.6. The molecule has 0 atom stereocenters. The highest BCUT2D eigenvalue weighted by atomic mass is 79.9. The summed E-state index contributed by atoms with van der Waals surface area (Å²) < 4.78 is 7.38. The van der Waals surface area contributed by atoms with Gasteiger partial charge < -0.3 is 4.74 Å². The van der Waals surface area contributed by atoms with Gasteiger partial charge in [-0.1, -0.05) is 15.9 Å². The first-order valence-corrected chi connectivity index (χ1v) is 6.64. The number of aromatic nitrogens is 3. The van der Waals surface area contributed by atoms with Crippen molar-refractivity contribution in [3.63, 3.8) is 0 Å². The Morgan fingerprint density at radius 2 is 2.24 bits per heavy atom. The fourth-order valence-electron chi connectivity index (χ4n) is 1.72. The molecule has 0 aliphatic heterocycles. The molecular formula is C12H11BrN4O4. The van der Waals surface area contributed by atoms with Crippen molar-refractivity contribution in [2.45, 2.75) is 13.5 Å². The summed E-state index contributed by atoms with van der Waals surface area (Å²) in [5, 5.41) is 15.0.